The SMILES string of the molecule is C=CCc1cc(/C=C(/C#N)C(=O)Nc2cccc(Br)c2)cc(OC)c1OCc1cccc(F)c1. The number of halogens is 2. The van der Waals surface area contributed by atoms with Gasteiger partial charge in [0.1, 0.15) is 24.1 Å². The Hall–Kier alpha value is -3.89. The second-order valence-corrected chi connectivity index (χ2v) is 8.17. The van der Waals surface area contributed by atoms with Gasteiger partial charge in [0.25, 0.3) is 5.91 Å². The number of ether oxygens (including phenoxy) is 2. The molecule has 0 aliphatic heterocycles. The van der Waals surface area contributed by atoms with Gasteiger partial charge < -0.3 is 14.8 Å². The number of amides is 1. The molecule has 1 amide bonds. The third-order valence-electron chi connectivity index (χ3n) is 4.77. The van der Waals surface area contributed by atoms with Crippen molar-refractivity contribution in [3.8, 4) is 17.6 Å². The number of hydrogen-bond donors (Lipinski definition) is 1. The van der Waals surface area contributed by atoms with Gasteiger partial charge in [-0.3, -0.25) is 4.79 Å². The van der Waals surface area contributed by atoms with Gasteiger partial charge in [0, 0.05) is 15.7 Å². The maximum atomic E-state index is 13.5. The summed E-state index contributed by atoms with van der Waals surface area (Å²) in [4.78, 5) is 12.7. The van der Waals surface area contributed by atoms with E-state index in [2.05, 4.69) is 27.8 Å². The predicted molar refractivity (Wildman–Crippen MR) is 134 cm³/mol. The fourth-order valence-corrected chi connectivity index (χ4v) is 3.65. The van der Waals surface area contributed by atoms with Crippen LogP contribution in [0, 0.1) is 17.1 Å². The van der Waals surface area contributed by atoms with E-state index in [0.29, 0.717) is 34.7 Å². The average Bonchev–Trinajstić information content (AvgIpc) is 2.81. The summed E-state index contributed by atoms with van der Waals surface area (Å²) in [5.41, 5.74) is 2.51. The van der Waals surface area contributed by atoms with E-state index >= 15 is 0 Å². The van der Waals surface area contributed by atoms with Crippen LogP contribution in [0.25, 0.3) is 6.08 Å². The van der Waals surface area contributed by atoms with Crippen LogP contribution in [0.2, 0.25) is 0 Å². The highest BCUT2D eigenvalue weighted by Gasteiger charge is 2.15. The van der Waals surface area contributed by atoms with Crippen molar-refractivity contribution < 1.29 is 18.7 Å². The fourth-order valence-electron chi connectivity index (χ4n) is 3.25. The van der Waals surface area contributed by atoms with Crippen molar-refractivity contribution >= 4 is 33.6 Å². The van der Waals surface area contributed by atoms with Crippen molar-refractivity contribution in [1.82, 2.24) is 0 Å². The van der Waals surface area contributed by atoms with Crippen molar-refractivity contribution in [3.05, 3.63) is 106 Å². The van der Waals surface area contributed by atoms with E-state index in [1.54, 1.807) is 48.5 Å². The summed E-state index contributed by atoms with van der Waals surface area (Å²) in [7, 11) is 1.50. The monoisotopic (exact) mass is 520 g/mol. The van der Waals surface area contributed by atoms with Crippen LogP contribution in [0.3, 0.4) is 0 Å². The van der Waals surface area contributed by atoms with Gasteiger partial charge in [0.05, 0.1) is 7.11 Å². The molecule has 0 saturated heterocycles. The molecule has 0 radical (unpaired) electrons. The normalized spacial score (nSPS) is 10.8. The van der Waals surface area contributed by atoms with E-state index in [1.165, 1.54) is 25.3 Å². The van der Waals surface area contributed by atoms with Crippen molar-refractivity contribution in [2.75, 3.05) is 12.4 Å². The van der Waals surface area contributed by atoms with E-state index < -0.39 is 5.91 Å². The molecule has 0 aliphatic carbocycles. The molecule has 34 heavy (non-hydrogen) atoms. The van der Waals surface area contributed by atoms with Crippen LogP contribution in [0.1, 0.15) is 16.7 Å². The third-order valence-corrected chi connectivity index (χ3v) is 5.26. The van der Waals surface area contributed by atoms with Gasteiger partial charge in [0.15, 0.2) is 11.5 Å². The van der Waals surface area contributed by atoms with E-state index in [4.69, 9.17) is 9.47 Å². The second-order valence-electron chi connectivity index (χ2n) is 7.26. The van der Waals surface area contributed by atoms with Crippen molar-refractivity contribution in [2.45, 2.75) is 13.0 Å². The van der Waals surface area contributed by atoms with Crippen molar-refractivity contribution in [3.63, 3.8) is 0 Å². The molecule has 5 nitrogen and oxygen atoms in total. The van der Waals surface area contributed by atoms with Crippen LogP contribution in [0.15, 0.2) is 83.4 Å². The van der Waals surface area contributed by atoms with Crippen LogP contribution in [-0.2, 0) is 17.8 Å². The van der Waals surface area contributed by atoms with Gasteiger partial charge in [-0.15, -0.1) is 6.58 Å². The van der Waals surface area contributed by atoms with Crippen LogP contribution in [-0.4, -0.2) is 13.0 Å². The molecule has 3 aromatic rings. The van der Waals surface area contributed by atoms with Gasteiger partial charge in [-0.1, -0.05) is 40.2 Å². The molecule has 0 bridgehead atoms. The number of carbonyl (C=O) groups excluding carboxylic acids is 1. The average molecular weight is 521 g/mol. The maximum Gasteiger partial charge on any atom is 0.266 e. The van der Waals surface area contributed by atoms with Gasteiger partial charge in [0.2, 0.25) is 0 Å². The minimum Gasteiger partial charge on any atom is -0.493 e. The molecule has 0 heterocycles. The number of nitrogens with zero attached hydrogens (tertiary/aromatic N) is 1. The highest BCUT2D eigenvalue weighted by atomic mass is 79.9. The zero-order chi connectivity index (χ0) is 24.5. The van der Waals surface area contributed by atoms with Gasteiger partial charge in [-0.2, -0.15) is 5.26 Å². The minimum absolute atomic E-state index is 0.0694. The lowest BCUT2D eigenvalue weighted by Gasteiger charge is -2.16. The van der Waals surface area contributed by atoms with Gasteiger partial charge >= 0.3 is 0 Å². The topological polar surface area (TPSA) is 71.4 Å². The predicted octanol–water partition coefficient (Wildman–Crippen LogP) is 6.45. The Morgan fingerprint density at radius 1 is 1.21 bits per heavy atom. The molecule has 172 valence electrons. The Labute approximate surface area is 206 Å². The number of anilines is 1. The fraction of sp³-hybridized carbons (Fsp3) is 0.111. The van der Waals surface area contributed by atoms with E-state index in [0.717, 1.165) is 10.0 Å². The lowest BCUT2D eigenvalue weighted by Crippen LogP contribution is -2.13. The molecular weight excluding hydrogens is 499 g/mol. The second kappa shape index (κ2) is 11.8. The Morgan fingerprint density at radius 2 is 2.00 bits per heavy atom. The van der Waals surface area contributed by atoms with Crippen LogP contribution >= 0.6 is 15.9 Å². The number of nitriles is 1. The third kappa shape index (κ3) is 6.56. The first kappa shape index (κ1) is 24.7. The number of carbonyl (C=O) groups is 1. The molecule has 3 rings (SSSR count). The molecule has 1 N–H and O–H groups in total. The van der Waals surface area contributed by atoms with Crippen molar-refractivity contribution in [2.24, 2.45) is 0 Å². The smallest absolute Gasteiger partial charge is 0.266 e. The van der Waals surface area contributed by atoms with Crippen LogP contribution < -0.4 is 14.8 Å². The minimum atomic E-state index is -0.531. The Bertz CT molecular complexity index is 1280. The number of hydrogen-bond acceptors (Lipinski definition) is 4. The molecule has 0 unspecified atom stereocenters. The zero-order valence-corrected chi connectivity index (χ0v) is 20.1. The Balaban J connectivity index is 1.90. The van der Waals surface area contributed by atoms with Gasteiger partial charge in [-0.25, -0.2) is 4.39 Å². The van der Waals surface area contributed by atoms with Crippen molar-refractivity contribution in [1.29, 1.82) is 5.26 Å². The molecule has 0 aromatic heterocycles. The number of rotatable bonds is 9. The molecule has 0 fully saturated rings. The highest BCUT2D eigenvalue weighted by Crippen LogP contribution is 2.35. The standard InChI is InChI=1S/C27H22BrFN2O3/c1-3-6-20-11-19(12-21(16-30)27(32)31-24-10-5-8-22(28)15-24)14-25(33-2)26(20)34-17-18-7-4-9-23(29)13-18/h3-5,7-15H,1,6,17H2,2H3,(H,31,32)/b21-12-. The van der Waals surface area contributed by atoms with Gasteiger partial charge in [-0.05, 0) is 66.1 Å². The molecule has 0 atom stereocenters. The summed E-state index contributed by atoms with van der Waals surface area (Å²) < 4.78 is 25.8. The summed E-state index contributed by atoms with van der Waals surface area (Å²) in [5.74, 6) is 0.0360. The molecule has 3 aromatic carbocycles. The molecule has 0 aliphatic rings. The number of nitrogens with one attached hydrogen (secondary N) is 1. The lowest BCUT2D eigenvalue weighted by atomic mass is 10.0. The van der Waals surface area contributed by atoms with E-state index in [9.17, 15) is 14.4 Å². The summed E-state index contributed by atoms with van der Waals surface area (Å²) in [6.45, 7) is 3.93. The number of allylic oxidation sites excluding steroid dienone is 1. The summed E-state index contributed by atoms with van der Waals surface area (Å²) >= 11 is 3.35. The first-order valence-corrected chi connectivity index (χ1v) is 11.1. The first-order chi connectivity index (χ1) is 16.4. The first-order valence-electron chi connectivity index (χ1n) is 10.3. The molecular formula is C27H22BrFN2O3. The van der Waals surface area contributed by atoms with Crippen LogP contribution in [0.5, 0.6) is 11.5 Å². The van der Waals surface area contributed by atoms with E-state index in [-0.39, 0.29) is 18.0 Å². The highest BCUT2D eigenvalue weighted by molar-refractivity contribution is 9.10. The molecule has 0 spiro atoms. The summed E-state index contributed by atoms with van der Waals surface area (Å²) in [6.07, 6.45) is 3.66. The van der Waals surface area contributed by atoms with E-state index in [1.807, 2.05) is 12.1 Å². The largest absolute Gasteiger partial charge is 0.493 e. The Morgan fingerprint density at radius 3 is 2.68 bits per heavy atom. The maximum absolute atomic E-state index is 13.5. The Kier molecular flexibility index (Phi) is 8.60. The summed E-state index contributed by atoms with van der Waals surface area (Å²) in [5, 5.41) is 12.3. The number of methoxy groups -OCH3 is 1. The lowest BCUT2D eigenvalue weighted by molar-refractivity contribution is -0.112. The molecule has 0 saturated carbocycles. The summed E-state index contributed by atoms with van der Waals surface area (Å²) in [6, 6.07) is 18.7. The zero-order valence-electron chi connectivity index (χ0n) is 18.5. The number of benzene rings is 3. The molecule has 7 heteroatoms. The van der Waals surface area contributed by atoms with Crippen LogP contribution in [0.4, 0.5) is 10.1 Å². The quantitative estimate of drug-likeness (QED) is 0.200.